The Balaban J connectivity index is 0.000000150. The molecule has 0 fully saturated rings. The van der Waals surface area contributed by atoms with Gasteiger partial charge in [0, 0.05) is 137 Å². The number of hydrogen-bond donors (Lipinski definition) is 8. The van der Waals surface area contributed by atoms with Gasteiger partial charge < -0.3 is 64.7 Å². The number of fused-ring (bicyclic) bond motifs is 6. The zero-order chi connectivity index (χ0) is 76.7. The number of alkyl halides is 1. The van der Waals surface area contributed by atoms with Crippen LogP contribution in [0.25, 0.3) is 32.7 Å². The molecule has 568 valence electrons. The van der Waals surface area contributed by atoms with Crippen LogP contribution in [0.1, 0.15) is 127 Å². The number of hydrogen-bond acceptors (Lipinski definition) is 19. The van der Waals surface area contributed by atoms with Gasteiger partial charge in [-0.3, -0.25) is 44.1 Å². The SMILES string of the molecule is CC(C)N1CCn2c(CCCCNc3cc4[nH]ncc4c(Cl)n3)cc(=O)c(O)c2C1=O.CC(C)N1CCn2c(CCCCNc3cc4[nH]ncc4c(Cl)n3)cc(=O)c(OCc3ccccc3)c2C1=O.CC(C)N1CCn2c(CCl)cc(=O)c(OCc3ccccc3)c2C1=O.NCCNc1cc2[nH]ncc2c(Cl)n1. The van der Waals surface area contributed by atoms with Gasteiger partial charge in [-0.25, -0.2) is 15.0 Å². The van der Waals surface area contributed by atoms with Crippen LogP contribution in [-0.4, -0.2) is 161 Å². The van der Waals surface area contributed by atoms with Gasteiger partial charge in [0.2, 0.25) is 16.3 Å². The number of aromatic amines is 3. The molecule has 9 N–H and O–H groups in total. The second-order valence-corrected chi connectivity index (χ2v) is 28.2. The molecule has 2 aromatic carbocycles. The number of aromatic hydroxyl groups is 1. The lowest BCUT2D eigenvalue weighted by atomic mass is 10.1. The zero-order valence-corrected chi connectivity index (χ0v) is 63.8. The van der Waals surface area contributed by atoms with Crippen LogP contribution in [0.3, 0.4) is 0 Å². The summed E-state index contributed by atoms with van der Waals surface area (Å²) in [4.78, 5) is 95.3. The first-order valence-electron chi connectivity index (χ1n) is 35.8. The van der Waals surface area contributed by atoms with Crippen LogP contribution < -0.4 is 47.4 Å². The third-order valence-corrected chi connectivity index (χ3v) is 19.7. The molecule has 12 heterocycles. The molecule has 0 aliphatic carbocycles. The Kier molecular flexibility index (Phi) is 26.5. The molecule has 3 aliphatic rings. The molecule has 0 radical (unpaired) electrons. The van der Waals surface area contributed by atoms with Crippen molar-refractivity contribution in [3.8, 4) is 17.2 Å². The molecule has 0 atom stereocenters. The molecule has 0 saturated carbocycles. The smallest absolute Gasteiger partial charge is 0.274 e. The summed E-state index contributed by atoms with van der Waals surface area (Å²) in [5.41, 5.74) is 11.7. The van der Waals surface area contributed by atoms with E-state index < -0.39 is 11.2 Å². The number of nitrogens with zero attached hydrogens (tertiary/aromatic N) is 12. The van der Waals surface area contributed by atoms with Gasteiger partial charge in [-0.05, 0) is 91.2 Å². The molecule has 9 aromatic heterocycles. The van der Waals surface area contributed by atoms with Gasteiger partial charge in [0.05, 0.1) is 57.2 Å². The largest absolute Gasteiger partial charge is 0.503 e. The quantitative estimate of drug-likeness (QED) is 0.0150. The Morgan fingerprint density at radius 3 is 1.20 bits per heavy atom. The molecular weight excluding hydrogens is 1460 g/mol. The van der Waals surface area contributed by atoms with Gasteiger partial charge in [-0.1, -0.05) is 95.5 Å². The predicted molar refractivity (Wildman–Crippen MR) is 420 cm³/mol. The Bertz CT molecular complexity index is 5180. The maximum absolute atomic E-state index is 13.5. The third kappa shape index (κ3) is 18.5. The predicted octanol–water partition coefficient (Wildman–Crippen LogP) is 11.4. The zero-order valence-electron chi connectivity index (χ0n) is 60.8. The summed E-state index contributed by atoms with van der Waals surface area (Å²) in [5, 5.41) is 43.9. The molecule has 0 saturated heterocycles. The summed E-state index contributed by atoms with van der Waals surface area (Å²) in [6, 6.07) is 29.4. The van der Waals surface area contributed by atoms with Crippen molar-refractivity contribution in [1.29, 1.82) is 0 Å². The Labute approximate surface area is 642 Å². The van der Waals surface area contributed by atoms with Crippen molar-refractivity contribution in [3.05, 3.63) is 207 Å². The first-order chi connectivity index (χ1) is 52.1. The van der Waals surface area contributed by atoms with Crippen molar-refractivity contribution < 1.29 is 29.0 Å². The molecular formula is C76H87Cl4N19O9. The molecule has 108 heavy (non-hydrogen) atoms. The molecule has 3 aliphatic heterocycles. The maximum Gasteiger partial charge on any atom is 0.274 e. The second kappa shape index (κ2) is 36.4. The molecule has 0 spiro atoms. The normalized spacial score (nSPS) is 13.2. The number of pyridine rings is 6. The van der Waals surface area contributed by atoms with E-state index >= 15 is 0 Å². The summed E-state index contributed by atoms with van der Waals surface area (Å²) < 4.78 is 17.4. The number of halogens is 4. The van der Waals surface area contributed by atoms with Gasteiger partial charge in [0.1, 0.15) is 46.1 Å². The highest BCUT2D eigenvalue weighted by atomic mass is 35.5. The molecule has 11 aromatic rings. The number of rotatable bonds is 25. The minimum absolute atomic E-state index is 0.00794. The van der Waals surface area contributed by atoms with E-state index in [1.165, 1.54) is 12.1 Å². The van der Waals surface area contributed by atoms with Gasteiger partial charge >= 0.3 is 0 Å². The average molecular weight is 1550 g/mol. The molecule has 3 amide bonds. The van der Waals surface area contributed by atoms with Crippen molar-refractivity contribution in [3.63, 3.8) is 0 Å². The summed E-state index contributed by atoms with van der Waals surface area (Å²) in [7, 11) is 0. The summed E-state index contributed by atoms with van der Waals surface area (Å²) in [6.45, 7) is 18.3. The van der Waals surface area contributed by atoms with E-state index in [1.807, 2.05) is 130 Å². The first-order valence-corrected chi connectivity index (χ1v) is 37.5. The summed E-state index contributed by atoms with van der Waals surface area (Å²) >= 11 is 24.3. The fraction of sp³-hybridized carbons (Fsp3) is 0.368. The van der Waals surface area contributed by atoms with Crippen molar-refractivity contribution >= 4 is 114 Å². The summed E-state index contributed by atoms with van der Waals surface area (Å²) in [6.07, 6.45) is 9.56. The van der Waals surface area contributed by atoms with Crippen molar-refractivity contribution in [2.45, 2.75) is 137 Å². The standard InChI is InChI=1S/C28H31ClN6O3.C21H25ClN6O3.C19H21ClN2O3.C8H10ClN5/c1-18(2)34-12-13-35-20(10-6-7-11-30-24-15-22-21(16-31-33-22)27(29)32-24)14-23(36)26(25(35)28(34)37)38-17-19-8-4-3-5-9-19;1-12(2)27-7-8-28-13(9-16(29)19(30)18(28)21(27)31)5-3-4-6-23-17-10-15-14(11-24-26-15)20(22)25-17;1-13(2)21-8-9-22-15(11-20)10-16(23)18(17(22)19(21)24)25-12-14-6-4-3-5-7-14;9-8-5-4-12-14-6(5)3-7(13-8)11-2-1-10/h3-5,8-9,14-16,18H,6-7,10-13,17H2,1-2H3,(H,30,32)(H,31,33);9-12,30H,3-8H2,1-2H3,(H,23,25)(H,24,26);3-7,10,13H,8-9,11-12H2,1-2H3;3-4H,1-2,10H2,(H,11,13)(H,12,14). The second-order valence-electron chi connectivity index (χ2n) is 26.8. The van der Waals surface area contributed by atoms with E-state index in [-0.39, 0.29) is 83.0 Å². The van der Waals surface area contributed by atoms with Crippen LogP contribution in [0.2, 0.25) is 15.5 Å². The number of carbonyl (C=O) groups excluding carboxylic acids is 3. The van der Waals surface area contributed by atoms with Crippen LogP contribution in [0.15, 0.2) is 130 Å². The van der Waals surface area contributed by atoms with E-state index in [9.17, 15) is 33.9 Å². The Hall–Kier alpha value is -10.5. The van der Waals surface area contributed by atoms with Gasteiger partial charge in [0.15, 0.2) is 34.3 Å². The van der Waals surface area contributed by atoms with Gasteiger partial charge in [-0.2, -0.15) is 15.3 Å². The van der Waals surface area contributed by atoms with Gasteiger partial charge in [0.25, 0.3) is 17.7 Å². The van der Waals surface area contributed by atoms with E-state index in [1.54, 1.807) is 43.9 Å². The fourth-order valence-corrected chi connectivity index (χ4v) is 14.0. The third-order valence-electron chi connectivity index (χ3n) is 18.6. The highest BCUT2D eigenvalue weighted by Gasteiger charge is 2.35. The molecule has 0 bridgehead atoms. The molecule has 0 unspecified atom stereocenters. The van der Waals surface area contributed by atoms with Crippen LogP contribution in [0.4, 0.5) is 17.5 Å². The fourth-order valence-electron chi connectivity index (χ4n) is 13.0. The molecule has 14 rings (SSSR count). The van der Waals surface area contributed by atoms with Crippen molar-refractivity contribution in [2.24, 2.45) is 5.73 Å². The minimum atomic E-state index is -0.509. The van der Waals surface area contributed by atoms with E-state index in [4.69, 9.17) is 61.6 Å². The lowest BCUT2D eigenvalue weighted by Crippen LogP contribution is -2.46. The van der Waals surface area contributed by atoms with E-state index in [0.29, 0.717) is 128 Å². The monoisotopic (exact) mass is 1550 g/mol. The molecule has 28 nitrogen and oxygen atoms in total. The number of H-pyrrole nitrogens is 3. The number of amides is 3. The van der Waals surface area contributed by atoms with E-state index in [2.05, 4.69) is 61.5 Å². The highest BCUT2D eigenvalue weighted by Crippen LogP contribution is 2.31. The maximum atomic E-state index is 13.5. The van der Waals surface area contributed by atoms with E-state index in [0.717, 1.165) is 80.9 Å². The number of unbranched alkanes of at least 4 members (excludes halogenated alkanes) is 2. The number of nitrogens with two attached hydrogens (primary N) is 1. The summed E-state index contributed by atoms with van der Waals surface area (Å²) in [5.74, 6) is 1.36. The van der Waals surface area contributed by atoms with Crippen molar-refractivity contribution in [1.82, 2.24) is 73.9 Å². The Morgan fingerprint density at radius 2 is 0.824 bits per heavy atom. The first kappa shape index (κ1) is 78.5. The Morgan fingerprint density at radius 1 is 0.472 bits per heavy atom. The molecule has 32 heteroatoms. The lowest BCUT2D eigenvalue weighted by Gasteiger charge is -2.35. The van der Waals surface area contributed by atoms with Crippen LogP contribution >= 0.6 is 46.4 Å². The van der Waals surface area contributed by atoms with Crippen molar-refractivity contribution in [2.75, 3.05) is 61.8 Å². The lowest BCUT2D eigenvalue weighted by molar-refractivity contribution is 0.0628. The number of benzene rings is 2. The average Bonchev–Trinajstić information content (AvgIpc) is 1.21. The van der Waals surface area contributed by atoms with Crippen LogP contribution in [-0.2, 0) is 51.6 Å². The highest BCUT2D eigenvalue weighted by molar-refractivity contribution is 6.35. The number of aryl methyl sites for hydroxylation is 2. The number of aromatic nitrogens is 12. The van der Waals surface area contributed by atoms with Crippen LogP contribution in [0, 0.1) is 0 Å². The number of anilines is 3. The van der Waals surface area contributed by atoms with Crippen LogP contribution in [0.5, 0.6) is 17.2 Å². The topological polar surface area (TPSA) is 352 Å². The number of carbonyl (C=O) groups is 3. The number of nitrogens with one attached hydrogen (secondary N) is 6. The van der Waals surface area contributed by atoms with Gasteiger partial charge in [-0.15, -0.1) is 11.6 Å². The minimum Gasteiger partial charge on any atom is -0.503 e. The number of ether oxygens (including phenoxy) is 2.